The van der Waals surface area contributed by atoms with Gasteiger partial charge in [0.25, 0.3) is 0 Å². The minimum atomic E-state index is 0.321. The molecule has 0 aliphatic carbocycles. The van der Waals surface area contributed by atoms with Gasteiger partial charge in [-0.15, -0.1) is 22.7 Å². The summed E-state index contributed by atoms with van der Waals surface area (Å²) in [5.41, 5.74) is 7.43. The quantitative estimate of drug-likeness (QED) is 0.871. The van der Waals surface area contributed by atoms with Gasteiger partial charge in [0, 0.05) is 28.9 Å². The Morgan fingerprint density at radius 3 is 2.47 bits per heavy atom. The van der Waals surface area contributed by atoms with E-state index in [1.807, 2.05) is 22.7 Å². The van der Waals surface area contributed by atoms with Crippen LogP contribution < -0.4 is 5.73 Å². The van der Waals surface area contributed by atoms with E-state index < -0.39 is 0 Å². The van der Waals surface area contributed by atoms with Crippen molar-refractivity contribution in [3.8, 4) is 0 Å². The lowest BCUT2D eigenvalue weighted by Crippen LogP contribution is -2.37. The molecule has 2 rings (SSSR count). The minimum absolute atomic E-state index is 0.321. The summed E-state index contributed by atoms with van der Waals surface area (Å²) >= 11 is 3.64. The van der Waals surface area contributed by atoms with Gasteiger partial charge in [0.1, 0.15) is 0 Å². The predicted octanol–water partition coefficient (Wildman–Crippen LogP) is 4.03. The van der Waals surface area contributed by atoms with Crippen molar-refractivity contribution in [1.29, 1.82) is 0 Å². The Balaban J connectivity index is 2.23. The molecule has 0 spiro atoms. The Kier molecular flexibility index (Phi) is 5.16. The lowest BCUT2D eigenvalue weighted by molar-refractivity contribution is 0.151. The van der Waals surface area contributed by atoms with Crippen LogP contribution in [0.1, 0.15) is 35.2 Å². The predicted molar refractivity (Wildman–Crippen MR) is 85.8 cm³/mol. The van der Waals surface area contributed by atoms with Crippen LogP contribution in [0.5, 0.6) is 0 Å². The minimum Gasteiger partial charge on any atom is -0.329 e. The topological polar surface area (TPSA) is 29.3 Å². The van der Waals surface area contributed by atoms with Crippen LogP contribution in [0, 0.1) is 6.92 Å². The average Bonchev–Trinajstić information content (AvgIpc) is 3.01. The van der Waals surface area contributed by atoms with E-state index >= 15 is 0 Å². The third-order valence-corrected chi connectivity index (χ3v) is 5.39. The lowest BCUT2D eigenvalue weighted by Gasteiger charge is -2.34. The number of thiophene rings is 2. The highest BCUT2D eigenvalue weighted by molar-refractivity contribution is 7.10. The second kappa shape index (κ2) is 6.66. The number of hydrogen-bond donors (Lipinski definition) is 1. The molecule has 0 amide bonds. The maximum absolute atomic E-state index is 6.07. The molecule has 2 heterocycles. The largest absolute Gasteiger partial charge is 0.329 e. The molecule has 4 heteroatoms. The van der Waals surface area contributed by atoms with Crippen LogP contribution >= 0.6 is 22.7 Å². The van der Waals surface area contributed by atoms with Crippen LogP contribution in [-0.4, -0.2) is 17.5 Å². The molecule has 1 unspecified atom stereocenters. The first kappa shape index (κ1) is 14.7. The molecule has 0 aliphatic heterocycles. The summed E-state index contributed by atoms with van der Waals surface area (Å²) in [6, 6.07) is 7.31. The maximum Gasteiger partial charge on any atom is 0.0572 e. The van der Waals surface area contributed by atoms with Crippen LogP contribution in [0.4, 0.5) is 0 Å². The standard InChI is InChI=1S/C15H22N2S2/c1-11(2)17(10-13-5-4-7-18-13)14(9-16)15-12(3)6-8-19-15/h4-8,11,14H,9-10,16H2,1-3H3. The van der Waals surface area contributed by atoms with Gasteiger partial charge in [-0.05, 0) is 49.2 Å². The highest BCUT2D eigenvalue weighted by Gasteiger charge is 2.24. The first-order chi connectivity index (χ1) is 9.13. The molecule has 0 radical (unpaired) electrons. The van der Waals surface area contributed by atoms with E-state index in [0.717, 1.165) is 6.54 Å². The molecule has 1 atom stereocenters. The summed E-state index contributed by atoms with van der Waals surface area (Å²) in [6.45, 7) is 8.33. The van der Waals surface area contributed by atoms with Crippen molar-refractivity contribution in [3.63, 3.8) is 0 Å². The highest BCUT2D eigenvalue weighted by Crippen LogP contribution is 2.31. The second-order valence-corrected chi connectivity index (χ2v) is 7.04. The fraction of sp³-hybridized carbons (Fsp3) is 0.467. The molecule has 0 fully saturated rings. The molecule has 2 aromatic heterocycles. The van der Waals surface area contributed by atoms with Gasteiger partial charge in [-0.1, -0.05) is 6.07 Å². The van der Waals surface area contributed by atoms with Crippen molar-refractivity contribution in [2.75, 3.05) is 6.54 Å². The SMILES string of the molecule is Cc1ccsc1C(CN)N(Cc1cccs1)C(C)C. The van der Waals surface area contributed by atoms with Crippen LogP contribution in [0.2, 0.25) is 0 Å². The van der Waals surface area contributed by atoms with E-state index in [4.69, 9.17) is 5.73 Å². The fourth-order valence-corrected chi connectivity index (χ4v) is 4.13. The van der Waals surface area contributed by atoms with Gasteiger partial charge in [-0.2, -0.15) is 0 Å². The summed E-state index contributed by atoms with van der Waals surface area (Å²) in [5.74, 6) is 0. The van der Waals surface area contributed by atoms with E-state index in [1.54, 1.807) is 0 Å². The average molecular weight is 294 g/mol. The van der Waals surface area contributed by atoms with Gasteiger partial charge in [-0.3, -0.25) is 4.90 Å². The van der Waals surface area contributed by atoms with Crippen molar-refractivity contribution >= 4 is 22.7 Å². The van der Waals surface area contributed by atoms with Crippen molar-refractivity contribution in [1.82, 2.24) is 4.90 Å². The molecule has 0 aliphatic rings. The van der Waals surface area contributed by atoms with Crippen LogP contribution in [0.3, 0.4) is 0 Å². The Bertz CT molecular complexity index is 488. The van der Waals surface area contributed by atoms with E-state index in [1.165, 1.54) is 15.3 Å². The van der Waals surface area contributed by atoms with Gasteiger partial charge >= 0.3 is 0 Å². The molecule has 0 saturated carbocycles. The van der Waals surface area contributed by atoms with Crippen molar-refractivity contribution in [2.45, 2.75) is 39.4 Å². The zero-order chi connectivity index (χ0) is 13.8. The summed E-state index contributed by atoms with van der Waals surface area (Å²) < 4.78 is 0. The zero-order valence-corrected chi connectivity index (χ0v) is 13.4. The normalized spacial score (nSPS) is 13.4. The monoisotopic (exact) mass is 294 g/mol. The summed E-state index contributed by atoms with van der Waals surface area (Å²) in [5, 5.41) is 4.30. The third kappa shape index (κ3) is 3.45. The summed E-state index contributed by atoms with van der Waals surface area (Å²) in [7, 11) is 0. The van der Waals surface area contributed by atoms with E-state index in [0.29, 0.717) is 18.6 Å². The highest BCUT2D eigenvalue weighted by atomic mass is 32.1. The van der Waals surface area contributed by atoms with Crippen molar-refractivity contribution in [3.05, 3.63) is 44.3 Å². The molecular weight excluding hydrogens is 272 g/mol. The van der Waals surface area contributed by atoms with E-state index in [9.17, 15) is 0 Å². The van der Waals surface area contributed by atoms with Gasteiger partial charge in [0.2, 0.25) is 0 Å². The first-order valence-corrected chi connectivity index (χ1v) is 8.41. The Morgan fingerprint density at radius 1 is 1.21 bits per heavy atom. The number of nitrogens with zero attached hydrogens (tertiary/aromatic N) is 1. The Labute approximate surface area is 123 Å². The summed E-state index contributed by atoms with van der Waals surface area (Å²) in [4.78, 5) is 5.32. The molecule has 2 aromatic rings. The van der Waals surface area contributed by atoms with Crippen LogP contribution in [-0.2, 0) is 6.54 Å². The maximum atomic E-state index is 6.07. The molecule has 0 aromatic carbocycles. The molecular formula is C15H22N2S2. The molecule has 2 nitrogen and oxygen atoms in total. The summed E-state index contributed by atoms with van der Waals surface area (Å²) in [6.07, 6.45) is 0. The molecule has 0 saturated heterocycles. The van der Waals surface area contributed by atoms with E-state index in [2.05, 4.69) is 54.6 Å². The Morgan fingerprint density at radius 2 is 2.00 bits per heavy atom. The van der Waals surface area contributed by atoms with Gasteiger partial charge in [-0.25, -0.2) is 0 Å². The van der Waals surface area contributed by atoms with Gasteiger partial charge < -0.3 is 5.73 Å². The smallest absolute Gasteiger partial charge is 0.0572 e. The number of aryl methyl sites for hydroxylation is 1. The second-order valence-electron chi connectivity index (χ2n) is 5.06. The number of rotatable bonds is 6. The number of nitrogens with two attached hydrogens (primary N) is 1. The van der Waals surface area contributed by atoms with Crippen LogP contribution in [0.25, 0.3) is 0 Å². The van der Waals surface area contributed by atoms with Crippen molar-refractivity contribution in [2.24, 2.45) is 5.73 Å². The number of hydrogen-bond acceptors (Lipinski definition) is 4. The Hall–Kier alpha value is -0.680. The van der Waals surface area contributed by atoms with Crippen LogP contribution in [0.15, 0.2) is 29.0 Å². The van der Waals surface area contributed by atoms with E-state index in [-0.39, 0.29) is 0 Å². The molecule has 0 bridgehead atoms. The van der Waals surface area contributed by atoms with Gasteiger partial charge in [0.15, 0.2) is 0 Å². The molecule has 104 valence electrons. The van der Waals surface area contributed by atoms with Crippen molar-refractivity contribution < 1.29 is 0 Å². The van der Waals surface area contributed by atoms with Gasteiger partial charge in [0.05, 0.1) is 6.04 Å². The fourth-order valence-electron chi connectivity index (χ4n) is 2.35. The lowest BCUT2D eigenvalue weighted by atomic mass is 10.1. The zero-order valence-electron chi connectivity index (χ0n) is 11.8. The first-order valence-electron chi connectivity index (χ1n) is 6.65. The third-order valence-electron chi connectivity index (χ3n) is 3.41. The molecule has 2 N–H and O–H groups in total. The molecule has 19 heavy (non-hydrogen) atoms.